The molecule has 1 atom stereocenters. The molecule has 2 aliphatic heterocycles. The Morgan fingerprint density at radius 3 is 2.71 bits per heavy atom. The van der Waals surface area contributed by atoms with Crippen molar-refractivity contribution in [3.63, 3.8) is 0 Å². The first-order chi connectivity index (χ1) is 13.2. The number of hydrogen-bond acceptors (Lipinski definition) is 3. The number of rotatable bonds is 6. The zero-order valence-electron chi connectivity index (χ0n) is 17.6. The van der Waals surface area contributed by atoms with Gasteiger partial charge in [0.1, 0.15) is 0 Å². The molecule has 2 heterocycles. The second-order valence-electron chi connectivity index (χ2n) is 8.12. The quantitative estimate of drug-likeness (QED) is 0.283. The molecular formula is C22H38IN5. The Hall–Kier alpha value is -0.860. The average Bonchev–Trinajstić information content (AvgIpc) is 3.04. The summed E-state index contributed by atoms with van der Waals surface area (Å²) in [5.41, 5.74) is 1.45. The number of likely N-dealkylation sites (N-methyl/N-ethyl adjacent to an activating group) is 1. The Bertz CT molecular complexity index is 580. The van der Waals surface area contributed by atoms with Crippen molar-refractivity contribution in [1.82, 2.24) is 20.0 Å². The molecule has 158 valence electrons. The molecule has 0 aliphatic carbocycles. The molecule has 0 radical (unpaired) electrons. The number of hydrogen-bond donors (Lipinski definition) is 1. The van der Waals surface area contributed by atoms with E-state index in [1.807, 2.05) is 7.05 Å². The third kappa shape index (κ3) is 7.52. The van der Waals surface area contributed by atoms with E-state index in [2.05, 4.69) is 62.4 Å². The molecule has 1 unspecified atom stereocenters. The smallest absolute Gasteiger partial charge is 0.193 e. The lowest BCUT2D eigenvalue weighted by atomic mass is 9.99. The van der Waals surface area contributed by atoms with E-state index in [-0.39, 0.29) is 24.0 Å². The largest absolute Gasteiger partial charge is 0.356 e. The van der Waals surface area contributed by atoms with E-state index in [0.717, 1.165) is 31.5 Å². The first-order valence-corrected chi connectivity index (χ1v) is 10.6. The second-order valence-corrected chi connectivity index (χ2v) is 8.12. The van der Waals surface area contributed by atoms with Crippen LogP contribution in [-0.2, 0) is 6.42 Å². The van der Waals surface area contributed by atoms with Gasteiger partial charge in [0, 0.05) is 39.8 Å². The normalized spacial score (nSPS) is 22.0. The molecule has 1 N–H and O–H groups in total. The number of nitrogens with zero attached hydrogens (tertiary/aromatic N) is 4. The van der Waals surface area contributed by atoms with Crippen LogP contribution in [0, 0.1) is 5.92 Å². The minimum absolute atomic E-state index is 0. The summed E-state index contributed by atoms with van der Waals surface area (Å²) in [6.07, 6.45) is 4.92. The Labute approximate surface area is 188 Å². The van der Waals surface area contributed by atoms with Gasteiger partial charge in [-0.2, -0.15) is 0 Å². The van der Waals surface area contributed by atoms with Crippen molar-refractivity contribution in [1.29, 1.82) is 0 Å². The fraction of sp³-hybridized carbons (Fsp3) is 0.682. The average molecular weight is 499 g/mol. The highest BCUT2D eigenvalue weighted by Gasteiger charge is 2.24. The highest BCUT2D eigenvalue weighted by atomic mass is 127. The Morgan fingerprint density at radius 1 is 1.11 bits per heavy atom. The first kappa shape index (κ1) is 23.4. The molecule has 0 spiro atoms. The van der Waals surface area contributed by atoms with Gasteiger partial charge in [0.2, 0.25) is 0 Å². The van der Waals surface area contributed by atoms with Crippen molar-refractivity contribution in [3.8, 4) is 0 Å². The third-order valence-electron chi connectivity index (χ3n) is 5.91. The van der Waals surface area contributed by atoms with E-state index in [4.69, 9.17) is 0 Å². The van der Waals surface area contributed by atoms with Gasteiger partial charge in [-0.25, -0.2) is 0 Å². The van der Waals surface area contributed by atoms with Crippen molar-refractivity contribution in [2.45, 2.75) is 25.7 Å². The predicted octanol–water partition coefficient (Wildman–Crippen LogP) is 2.77. The lowest BCUT2D eigenvalue weighted by Gasteiger charge is -2.23. The van der Waals surface area contributed by atoms with Crippen LogP contribution in [0.15, 0.2) is 35.3 Å². The van der Waals surface area contributed by atoms with Crippen molar-refractivity contribution < 1.29 is 0 Å². The molecule has 5 nitrogen and oxygen atoms in total. The van der Waals surface area contributed by atoms with Crippen LogP contribution in [0.4, 0.5) is 0 Å². The highest BCUT2D eigenvalue weighted by molar-refractivity contribution is 14.0. The van der Waals surface area contributed by atoms with Gasteiger partial charge in [-0.1, -0.05) is 30.3 Å². The van der Waals surface area contributed by atoms with Gasteiger partial charge >= 0.3 is 0 Å². The molecule has 0 saturated carbocycles. The van der Waals surface area contributed by atoms with Crippen LogP contribution in [0.2, 0.25) is 0 Å². The van der Waals surface area contributed by atoms with Crippen molar-refractivity contribution in [2.24, 2.45) is 10.9 Å². The van der Waals surface area contributed by atoms with Gasteiger partial charge in [0.25, 0.3) is 0 Å². The second kappa shape index (κ2) is 12.6. The van der Waals surface area contributed by atoms with Gasteiger partial charge in [-0.05, 0) is 63.8 Å². The van der Waals surface area contributed by atoms with Gasteiger partial charge in [-0.15, -0.1) is 24.0 Å². The van der Waals surface area contributed by atoms with E-state index in [1.165, 1.54) is 64.0 Å². The Balaban J connectivity index is 0.00000280. The molecule has 1 aromatic rings. The first-order valence-electron chi connectivity index (χ1n) is 10.6. The Kier molecular flexibility index (Phi) is 10.6. The highest BCUT2D eigenvalue weighted by Crippen LogP contribution is 2.20. The molecule has 0 amide bonds. The maximum atomic E-state index is 4.53. The summed E-state index contributed by atoms with van der Waals surface area (Å²) in [6.45, 7) is 9.33. The van der Waals surface area contributed by atoms with Crippen molar-refractivity contribution >= 4 is 29.9 Å². The standard InChI is InChI=1S/C22H37N5.HI/c1-23-22(24-11-6-13-26-14-7-12-25(2)16-17-26)27-15-10-21(19-27)18-20-8-4-3-5-9-20;/h3-5,8-9,21H,6-7,10-19H2,1-2H3,(H,23,24);1H. The van der Waals surface area contributed by atoms with Crippen LogP contribution in [0.5, 0.6) is 0 Å². The lowest BCUT2D eigenvalue weighted by Crippen LogP contribution is -2.41. The lowest BCUT2D eigenvalue weighted by molar-refractivity contribution is 0.273. The van der Waals surface area contributed by atoms with E-state index < -0.39 is 0 Å². The molecule has 28 heavy (non-hydrogen) atoms. The predicted molar refractivity (Wildman–Crippen MR) is 130 cm³/mol. The number of nitrogens with one attached hydrogen (secondary N) is 1. The zero-order valence-corrected chi connectivity index (χ0v) is 20.0. The summed E-state index contributed by atoms with van der Waals surface area (Å²) in [6, 6.07) is 10.9. The fourth-order valence-electron chi connectivity index (χ4n) is 4.30. The Morgan fingerprint density at radius 2 is 1.93 bits per heavy atom. The van der Waals surface area contributed by atoms with Gasteiger partial charge in [0.05, 0.1) is 0 Å². The molecule has 3 rings (SSSR count). The number of guanidine groups is 1. The minimum Gasteiger partial charge on any atom is -0.356 e. The van der Waals surface area contributed by atoms with Crippen LogP contribution in [0.3, 0.4) is 0 Å². The number of benzene rings is 1. The minimum atomic E-state index is 0. The van der Waals surface area contributed by atoms with Crippen LogP contribution in [0.1, 0.15) is 24.8 Å². The fourth-order valence-corrected chi connectivity index (χ4v) is 4.30. The molecule has 0 bridgehead atoms. The molecular weight excluding hydrogens is 461 g/mol. The SMILES string of the molecule is CN=C(NCCCN1CCCN(C)CC1)N1CCC(Cc2ccccc2)C1.I. The summed E-state index contributed by atoms with van der Waals surface area (Å²) in [4.78, 5) is 12.0. The van der Waals surface area contributed by atoms with Crippen molar-refractivity contribution in [3.05, 3.63) is 35.9 Å². The van der Waals surface area contributed by atoms with E-state index in [1.54, 1.807) is 0 Å². The number of halogens is 1. The number of aliphatic imine (C=N–C) groups is 1. The van der Waals surface area contributed by atoms with Crippen LogP contribution in [0.25, 0.3) is 0 Å². The summed E-state index contributed by atoms with van der Waals surface area (Å²) in [5.74, 6) is 1.82. The van der Waals surface area contributed by atoms with Gasteiger partial charge in [-0.3, -0.25) is 4.99 Å². The molecule has 2 saturated heterocycles. The maximum absolute atomic E-state index is 4.53. The van der Waals surface area contributed by atoms with E-state index in [9.17, 15) is 0 Å². The summed E-state index contributed by atoms with van der Waals surface area (Å²) in [7, 11) is 4.15. The van der Waals surface area contributed by atoms with Gasteiger partial charge < -0.3 is 20.0 Å². The molecule has 2 aliphatic rings. The molecule has 2 fully saturated rings. The van der Waals surface area contributed by atoms with E-state index in [0.29, 0.717) is 0 Å². The molecule has 0 aromatic heterocycles. The summed E-state index contributed by atoms with van der Waals surface area (Å²) in [5, 5.41) is 3.60. The summed E-state index contributed by atoms with van der Waals surface area (Å²) >= 11 is 0. The summed E-state index contributed by atoms with van der Waals surface area (Å²) < 4.78 is 0. The molecule has 1 aromatic carbocycles. The maximum Gasteiger partial charge on any atom is 0.193 e. The monoisotopic (exact) mass is 499 g/mol. The van der Waals surface area contributed by atoms with Gasteiger partial charge in [0.15, 0.2) is 5.96 Å². The molecule has 6 heteroatoms. The van der Waals surface area contributed by atoms with Crippen LogP contribution < -0.4 is 5.32 Å². The third-order valence-corrected chi connectivity index (χ3v) is 5.91. The van der Waals surface area contributed by atoms with Crippen LogP contribution >= 0.6 is 24.0 Å². The van der Waals surface area contributed by atoms with E-state index >= 15 is 0 Å². The topological polar surface area (TPSA) is 34.1 Å². The van der Waals surface area contributed by atoms with Crippen molar-refractivity contribution in [2.75, 3.05) is 66.5 Å². The number of likely N-dealkylation sites (tertiary alicyclic amines) is 1. The van der Waals surface area contributed by atoms with Crippen LogP contribution in [-0.4, -0.2) is 87.1 Å². The zero-order chi connectivity index (χ0) is 18.9.